The largest absolute Gasteiger partial charge is 0.444 e. The van der Waals surface area contributed by atoms with E-state index in [1.807, 2.05) is 20.8 Å². The average molecular weight is 313 g/mol. The van der Waals surface area contributed by atoms with Gasteiger partial charge in [-0.3, -0.25) is 15.0 Å². The van der Waals surface area contributed by atoms with Gasteiger partial charge in [-0.25, -0.2) is 4.79 Å². The molecule has 0 aromatic carbocycles. The predicted molar refractivity (Wildman–Crippen MR) is 82.4 cm³/mol. The zero-order chi connectivity index (χ0) is 16.3. The Morgan fingerprint density at radius 3 is 2.27 bits per heavy atom. The molecule has 7 heteroatoms. The van der Waals surface area contributed by atoms with Gasteiger partial charge in [0.15, 0.2) is 0 Å². The topological polar surface area (TPSA) is 75.9 Å². The summed E-state index contributed by atoms with van der Waals surface area (Å²) in [6.07, 6.45) is 3.27. The van der Waals surface area contributed by atoms with E-state index >= 15 is 0 Å². The van der Waals surface area contributed by atoms with Crippen LogP contribution in [-0.4, -0.2) is 64.7 Å². The van der Waals surface area contributed by atoms with Crippen molar-refractivity contribution in [1.82, 2.24) is 9.80 Å². The fourth-order valence-electron chi connectivity index (χ4n) is 3.33. The molecule has 0 N–H and O–H groups in total. The Morgan fingerprint density at radius 2 is 1.73 bits per heavy atom. The van der Waals surface area contributed by atoms with Crippen molar-refractivity contribution < 1.29 is 14.5 Å². The van der Waals surface area contributed by atoms with Crippen LogP contribution in [0.3, 0.4) is 0 Å². The summed E-state index contributed by atoms with van der Waals surface area (Å²) in [5, 5.41) is 11.2. The van der Waals surface area contributed by atoms with E-state index in [-0.39, 0.29) is 17.1 Å². The van der Waals surface area contributed by atoms with Crippen LogP contribution >= 0.6 is 0 Å². The fraction of sp³-hybridized carbons (Fsp3) is 0.933. The van der Waals surface area contributed by atoms with E-state index in [1.165, 1.54) is 0 Å². The summed E-state index contributed by atoms with van der Waals surface area (Å²) >= 11 is 0. The zero-order valence-corrected chi connectivity index (χ0v) is 13.8. The lowest BCUT2D eigenvalue weighted by molar-refractivity contribution is -0.534. The minimum Gasteiger partial charge on any atom is -0.444 e. The number of hydrogen-bond acceptors (Lipinski definition) is 5. The molecule has 1 amide bonds. The van der Waals surface area contributed by atoms with Crippen LogP contribution in [0, 0.1) is 10.1 Å². The van der Waals surface area contributed by atoms with Gasteiger partial charge in [-0.05, 0) is 33.6 Å². The molecule has 1 aliphatic heterocycles. The molecule has 22 heavy (non-hydrogen) atoms. The standard InChI is InChI=1S/C15H27N3O4/c1-15(2,3)22-14(19)17-10-8-16(9-11-17)12-6-4-5-7-13(12)18(20)21/h12-13H,4-11H2,1-3H3/t12?,13-/m0/s1. The van der Waals surface area contributed by atoms with E-state index in [0.717, 1.165) is 19.3 Å². The lowest BCUT2D eigenvalue weighted by atomic mass is 9.89. The van der Waals surface area contributed by atoms with E-state index in [0.29, 0.717) is 32.6 Å². The number of hydrogen-bond donors (Lipinski definition) is 0. The maximum atomic E-state index is 12.0. The van der Waals surface area contributed by atoms with Crippen molar-refractivity contribution in [2.45, 2.75) is 64.1 Å². The molecular formula is C15H27N3O4. The molecule has 0 aromatic rings. The molecule has 2 rings (SSSR count). The number of rotatable bonds is 2. The van der Waals surface area contributed by atoms with E-state index < -0.39 is 11.6 Å². The lowest BCUT2D eigenvalue weighted by Gasteiger charge is -2.41. The Bertz CT molecular complexity index is 414. The summed E-state index contributed by atoms with van der Waals surface area (Å²) in [5.41, 5.74) is -0.492. The second kappa shape index (κ2) is 6.81. The number of carbonyl (C=O) groups excluding carboxylic acids is 1. The Morgan fingerprint density at radius 1 is 1.14 bits per heavy atom. The summed E-state index contributed by atoms with van der Waals surface area (Å²) in [6, 6.07) is -0.439. The molecule has 0 aromatic heterocycles. The van der Waals surface area contributed by atoms with Gasteiger partial charge in [0.2, 0.25) is 6.04 Å². The van der Waals surface area contributed by atoms with Crippen molar-refractivity contribution in [2.75, 3.05) is 26.2 Å². The number of ether oxygens (including phenoxy) is 1. The number of nitrogens with zero attached hydrogens (tertiary/aromatic N) is 3. The first-order valence-corrected chi connectivity index (χ1v) is 8.13. The number of amides is 1. The minimum absolute atomic E-state index is 0.0181. The van der Waals surface area contributed by atoms with Gasteiger partial charge in [-0.15, -0.1) is 0 Å². The summed E-state index contributed by atoms with van der Waals surface area (Å²) < 4.78 is 5.38. The van der Waals surface area contributed by atoms with Crippen LogP contribution in [0.5, 0.6) is 0 Å². The normalized spacial score (nSPS) is 27.5. The van der Waals surface area contributed by atoms with Crippen molar-refractivity contribution in [2.24, 2.45) is 0 Å². The second-order valence-corrected chi connectivity index (χ2v) is 7.21. The molecule has 126 valence electrons. The van der Waals surface area contributed by atoms with Crippen LogP contribution in [0.15, 0.2) is 0 Å². The Labute approximate surface area is 131 Å². The van der Waals surface area contributed by atoms with Gasteiger partial charge < -0.3 is 9.64 Å². The first-order valence-electron chi connectivity index (χ1n) is 8.13. The highest BCUT2D eigenvalue weighted by molar-refractivity contribution is 5.68. The number of piperazine rings is 1. The summed E-state index contributed by atoms with van der Waals surface area (Å²) in [5.74, 6) is 0. The third kappa shape index (κ3) is 4.32. The number of carbonyl (C=O) groups is 1. The molecule has 1 aliphatic carbocycles. The third-order valence-corrected chi connectivity index (χ3v) is 4.40. The SMILES string of the molecule is CC(C)(C)OC(=O)N1CCN(C2CCCC[C@@H]2[N+](=O)[O-])CC1. The van der Waals surface area contributed by atoms with Crippen LogP contribution in [-0.2, 0) is 4.74 Å². The van der Waals surface area contributed by atoms with Crippen molar-refractivity contribution in [3.8, 4) is 0 Å². The lowest BCUT2D eigenvalue weighted by Crippen LogP contribution is -2.57. The molecule has 2 aliphatic rings. The van der Waals surface area contributed by atoms with Gasteiger partial charge in [0.1, 0.15) is 5.60 Å². The molecular weight excluding hydrogens is 286 g/mol. The molecule has 1 unspecified atom stereocenters. The average Bonchev–Trinajstić information content (AvgIpc) is 2.45. The van der Waals surface area contributed by atoms with Gasteiger partial charge in [0, 0.05) is 37.5 Å². The molecule has 1 saturated carbocycles. The van der Waals surface area contributed by atoms with E-state index in [2.05, 4.69) is 4.90 Å². The van der Waals surface area contributed by atoms with Crippen LogP contribution in [0.4, 0.5) is 4.79 Å². The minimum atomic E-state index is -0.492. The Kier molecular flexibility index (Phi) is 5.26. The van der Waals surface area contributed by atoms with Gasteiger partial charge in [0.25, 0.3) is 0 Å². The summed E-state index contributed by atoms with van der Waals surface area (Å²) in [6.45, 7) is 8.09. The van der Waals surface area contributed by atoms with Crippen LogP contribution in [0.25, 0.3) is 0 Å². The van der Waals surface area contributed by atoms with Gasteiger partial charge >= 0.3 is 6.09 Å². The van der Waals surface area contributed by atoms with Crippen LogP contribution in [0.2, 0.25) is 0 Å². The van der Waals surface area contributed by atoms with E-state index in [9.17, 15) is 14.9 Å². The first kappa shape index (κ1) is 17.0. The summed E-state index contributed by atoms with van der Waals surface area (Å²) in [7, 11) is 0. The molecule has 2 fully saturated rings. The third-order valence-electron chi connectivity index (χ3n) is 4.40. The van der Waals surface area contributed by atoms with E-state index in [1.54, 1.807) is 4.90 Å². The monoisotopic (exact) mass is 313 g/mol. The van der Waals surface area contributed by atoms with Crippen molar-refractivity contribution in [3.05, 3.63) is 10.1 Å². The second-order valence-electron chi connectivity index (χ2n) is 7.21. The highest BCUT2D eigenvalue weighted by atomic mass is 16.6. The molecule has 1 saturated heterocycles. The predicted octanol–water partition coefficient (Wildman–Crippen LogP) is 2.13. The molecule has 0 bridgehead atoms. The molecule has 0 spiro atoms. The molecule has 1 heterocycles. The van der Waals surface area contributed by atoms with Crippen molar-refractivity contribution >= 4 is 6.09 Å². The maximum Gasteiger partial charge on any atom is 0.410 e. The maximum absolute atomic E-state index is 12.0. The Balaban J connectivity index is 1.88. The van der Waals surface area contributed by atoms with Gasteiger partial charge in [-0.1, -0.05) is 6.42 Å². The van der Waals surface area contributed by atoms with Gasteiger partial charge in [0.05, 0.1) is 6.04 Å². The smallest absolute Gasteiger partial charge is 0.410 e. The van der Waals surface area contributed by atoms with Crippen molar-refractivity contribution in [3.63, 3.8) is 0 Å². The summed E-state index contributed by atoms with van der Waals surface area (Å²) in [4.78, 5) is 27.0. The van der Waals surface area contributed by atoms with E-state index in [4.69, 9.17) is 4.74 Å². The molecule has 7 nitrogen and oxygen atoms in total. The van der Waals surface area contributed by atoms with Crippen LogP contribution in [0.1, 0.15) is 46.5 Å². The first-order chi connectivity index (χ1) is 10.3. The quantitative estimate of drug-likeness (QED) is 0.576. The highest BCUT2D eigenvalue weighted by Crippen LogP contribution is 2.26. The Hall–Kier alpha value is -1.37. The van der Waals surface area contributed by atoms with Crippen molar-refractivity contribution in [1.29, 1.82) is 0 Å². The fourth-order valence-corrected chi connectivity index (χ4v) is 3.33. The highest BCUT2D eigenvalue weighted by Gasteiger charge is 2.39. The van der Waals surface area contributed by atoms with Gasteiger partial charge in [-0.2, -0.15) is 0 Å². The zero-order valence-electron chi connectivity index (χ0n) is 13.8. The van der Waals surface area contributed by atoms with Crippen LogP contribution < -0.4 is 0 Å². The molecule has 0 radical (unpaired) electrons. The number of nitro groups is 1. The molecule has 2 atom stereocenters.